The molecule has 0 unspecified atom stereocenters. The molecule has 0 radical (unpaired) electrons. The minimum Gasteiger partial charge on any atom is -0.324 e. The lowest BCUT2D eigenvalue weighted by atomic mass is 10.1. The summed E-state index contributed by atoms with van der Waals surface area (Å²) < 4.78 is 28.4. The number of hydrogen-bond acceptors (Lipinski definition) is 5. The quantitative estimate of drug-likeness (QED) is 0.518. The van der Waals surface area contributed by atoms with Crippen LogP contribution in [0.1, 0.15) is 30.3 Å². The average Bonchev–Trinajstić information content (AvgIpc) is 3.07. The van der Waals surface area contributed by atoms with Crippen LogP contribution in [-0.2, 0) is 14.8 Å². The minimum atomic E-state index is -3.76. The molecule has 32 heavy (non-hydrogen) atoms. The Bertz CT molecular complexity index is 1240. The topological polar surface area (TPSA) is 70.6 Å². The average molecular weight is 470 g/mol. The number of likely N-dealkylation sites (N-methyl/N-ethyl adjacent to an activating group) is 1. The van der Waals surface area contributed by atoms with E-state index < -0.39 is 10.0 Å². The third-order valence-electron chi connectivity index (χ3n) is 5.73. The highest BCUT2D eigenvalue weighted by Gasteiger charge is 2.39. The minimum absolute atomic E-state index is 0.0433. The molecule has 0 N–H and O–H groups in total. The van der Waals surface area contributed by atoms with Gasteiger partial charge in [0.1, 0.15) is 10.3 Å². The van der Waals surface area contributed by atoms with E-state index in [2.05, 4.69) is 11.1 Å². The predicted molar refractivity (Wildman–Crippen MR) is 129 cm³/mol. The number of benzene rings is 2. The van der Waals surface area contributed by atoms with Gasteiger partial charge in [-0.25, -0.2) is 8.42 Å². The maximum Gasteiger partial charge on any atom is 0.245 e. The van der Waals surface area contributed by atoms with Gasteiger partial charge < -0.3 is 4.90 Å². The smallest absolute Gasteiger partial charge is 0.245 e. The molecule has 2 aromatic carbocycles. The summed E-state index contributed by atoms with van der Waals surface area (Å²) in [6.07, 6.45) is 1.60. The maximum absolute atomic E-state index is 13.5. The van der Waals surface area contributed by atoms with Crippen LogP contribution in [0.15, 0.2) is 65.7 Å². The summed E-state index contributed by atoms with van der Waals surface area (Å²) in [5.41, 5.74) is 2.67. The van der Waals surface area contributed by atoms with Crippen LogP contribution in [0.25, 0.3) is 10.9 Å². The molecule has 1 amide bonds. The summed E-state index contributed by atoms with van der Waals surface area (Å²) in [4.78, 5) is 19.2. The number of fused-ring (bicyclic) bond motifs is 1. The van der Waals surface area contributed by atoms with Crippen molar-refractivity contribution < 1.29 is 13.2 Å². The number of rotatable bonds is 7. The molecule has 1 aliphatic heterocycles. The fourth-order valence-electron chi connectivity index (χ4n) is 4.07. The number of pyridine rings is 1. The Morgan fingerprint density at radius 1 is 1.12 bits per heavy atom. The van der Waals surface area contributed by atoms with Crippen LogP contribution in [0, 0.1) is 6.92 Å². The van der Waals surface area contributed by atoms with E-state index in [0.717, 1.165) is 16.5 Å². The molecule has 0 aliphatic carbocycles. The van der Waals surface area contributed by atoms with Crippen LogP contribution < -0.4 is 0 Å². The Labute approximate surface area is 193 Å². The monoisotopic (exact) mass is 469 g/mol. The van der Waals surface area contributed by atoms with E-state index in [0.29, 0.717) is 18.6 Å². The van der Waals surface area contributed by atoms with Crippen molar-refractivity contribution in [3.8, 4) is 0 Å². The zero-order valence-electron chi connectivity index (χ0n) is 18.4. The third kappa shape index (κ3) is 4.27. The first kappa shape index (κ1) is 22.8. The van der Waals surface area contributed by atoms with E-state index in [-0.39, 0.29) is 28.0 Å². The molecule has 0 spiro atoms. The highest BCUT2D eigenvalue weighted by molar-refractivity contribution is 8.01. The Morgan fingerprint density at radius 2 is 1.88 bits per heavy atom. The number of thioether (sulfide) groups is 1. The second-order valence-electron chi connectivity index (χ2n) is 7.90. The van der Waals surface area contributed by atoms with Crippen molar-refractivity contribution in [3.63, 3.8) is 0 Å². The molecule has 3 aromatic rings. The largest absolute Gasteiger partial charge is 0.324 e. The zero-order chi connectivity index (χ0) is 22.9. The van der Waals surface area contributed by atoms with Crippen LogP contribution in [0.2, 0.25) is 0 Å². The van der Waals surface area contributed by atoms with E-state index in [1.807, 2.05) is 56.0 Å². The van der Waals surface area contributed by atoms with Gasteiger partial charge in [0.15, 0.2) is 0 Å². The van der Waals surface area contributed by atoms with Crippen LogP contribution in [-0.4, -0.2) is 53.4 Å². The van der Waals surface area contributed by atoms with Gasteiger partial charge in [0, 0.05) is 31.2 Å². The molecule has 1 aliphatic rings. The third-order valence-corrected chi connectivity index (χ3v) is 9.13. The highest BCUT2D eigenvalue weighted by Crippen LogP contribution is 2.43. The first-order chi connectivity index (χ1) is 15.3. The van der Waals surface area contributed by atoms with Crippen molar-refractivity contribution in [3.05, 3.63) is 71.9 Å². The number of para-hydroxylation sites is 1. The summed E-state index contributed by atoms with van der Waals surface area (Å²) >= 11 is 1.61. The maximum atomic E-state index is 13.5. The number of aromatic nitrogens is 1. The van der Waals surface area contributed by atoms with Gasteiger partial charge in [-0.05, 0) is 31.5 Å². The molecular weight excluding hydrogens is 442 g/mol. The second kappa shape index (κ2) is 9.21. The van der Waals surface area contributed by atoms with Gasteiger partial charge >= 0.3 is 0 Å². The van der Waals surface area contributed by atoms with Crippen LogP contribution in [0.4, 0.5) is 0 Å². The molecule has 1 aromatic heterocycles. The van der Waals surface area contributed by atoms with Crippen molar-refractivity contribution in [2.45, 2.75) is 36.3 Å². The Morgan fingerprint density at radius 3 is 2.62 bits per heavy atom. The molecule has 8 heteroatoms. The summed E-state index contributed by atoms with van der Waals surface area (Å²) in [5, 5.41) is 0.511. The number of aryl methyl sites for hydroxylation is 1. The standard InChI is InChI=1S/C24H27N3O3S2/c1-4-26(32(29,30)21-12-6-9-19-11-7-13-25-22(19)21)14-15-27-23(28)18(3)31-24(27)20-10-5-8-17(2)16-20/h5-13,16,18,24H,4,14-15H2,1-3H3/t18-,24+/m0/s1. The number of amides is 1. The van der Waals surface area contributed by atoms with Crippen molar-refractivity contribution in [2.75, 3.05) is 19.6 Å². The lowest BCUT2D eigenvalue weighted by Crippen LogP contribution is -2.40. The van der Waals surface area contributed by atoms with Gasteiger partial charge in [0.05, 0.1) is 10.8 Å². The van der Waals surface area contributed by atoms with E-state index in [4.69, 9.17) is 0 Å². The number of sulfonamides is 1. The van der Waals surface area contributed by atoms with Gasteiger partial charge in [-0.15, -0.1) is 11.8 Å². The molecule has 0 bridgehead atoms. The van der Waals surface area contributed by atoms with Crippen molar-refractivity contribution in [1.29, 1.82) is 0 Å². The van der Waals surface area contributed by atoms with Gasteiger partial charge in [-0.2, -0.15) is 4.31 Å². The Balaban J connectivity index is 1.60. The van der Waals surface area contributed by atoms with Gasteiger partial charge in [0.2, 0.25) is 15.9 Å². The summed E-state index contributed by atoms with van der Waals surface area (Å²) in [7, 11) is -3.76. The Hall–Kier alpha value is -2.42. The van der Waals surface area contributed by atoms with Gasteiger partial charge in [-0.1, -0.05) is 55.0 Å². The van der Waals surface area contributed by atoms with Gasteiger partial charge in [-0.3, -0.25) is 9.78 Å². The molecule has 1 saturated heterocycles. The fraction of sp³-hybridized carbons (Fsp3) is 0.333. The number of nitrogens with zero attached hydrogens (tertiary/aromatic N) is 3. The molecule has 2 heterocycles. The van der Waals surface area contributed by atoms with E-state index in [1.165, 1.54) is 4.31 Å². The molecule has 6 nitrogen and oxygen atoms in total. The first-order valence-electron chi connectivity index (χ1n) is 10.7. The van der Waals surface area contributed by atoms with Crippen LogP contribution in [0.3, 0.4) is 0 Å². The Kier molecular flexibility index (Phi) is 6.55. The van der Waals surface area contributed by atoms with Crippen molar-refractivity contribution >= 4 is 38.6 Å². The lowest BCUT2D eigenvalue weighted by molar-refractivity contribution is -0.129. The second-order valence-corrected chi connectivity index (χ2v) is 11.2. The normalized spacial score (nSPS) is 19.2. The summed E-state index contributed by atoms with van der Waals surface area (Å²) in [6.45, 7) is 6.63. The lowest BCUT2D eigenvalue weighted by Gasteiger charge is -2.28. The summed E-state index contributed by atoms with van der Waals surface area (Å²) in [5.74, 6) is 0.0433. The first-order valence-corrected chi connectivity index (χ1v) is 13.1. The number of carbonyl (C=O) groups excluding carboxylic acids is 1. The van der Waals surface area contributed by atoms with E-state index in [9.17, 15) is 13.2 Å². The van der Waals surface area contributed by atoms with Gasteiger partial charge in [0.25, 0.3) is 0 Å². The van der Waals surface area contributed by atoms with Crippen LogP contribution >= 0.6 is 11.8 Å². The van der Waals surface area contributed by atoms with Crippen molar-refractivity contribution in [2.24, 2.45) is 0 Å². The number of carbonyl (C=O) groups is 1. The highest BCUT2D eigenvalue weighted by atomic mass is 32.2. The van der Waals surface area contributed by atoms with E-state index >= 15 is 0 Å². The zero-order valence-corrected chi connectivity index (χ0v) is 20.1. The molecule has 168 valence electrons. The van der Waals surface area contributed by atoms with Crippen LogP contribution in [0.5, 0.6) is 0 Å². The summed E-state index contributed by atoms with van der Waals surface area (Å²) in [6, 6.07) is 17.0. The number of hydrogen-bond donors (Lipinski definition) is 0. The molecular formula is C24H27N3O3S2. The van der Waals surface area contributed by atoms with E-state index in [1.54, 1.807) is 36.2 Å². The SMILES string of the molecule is CCN(CCN1C(=O)[C@H](C)S[C@@H]1c1cccc(C)c1)S(=O)(=O)c1cccc2cccnc12. The molecule has 4 rings (SSSR count). The fourth-order valence-corrected chi connectivity index (χ4v) is 6.98. The molecule has 2 atom stereocenters. The van der Waals surface area contributed by atoms with Crippen molar-refractivity contribution in [1.82, 2.24) is 14.2 Å². The molecule has 1 fully saturated rings. The predicted octanol–water partition coefficient (Wildman–Crippen LogP) is 4.22. The molecule has 0 saturated carbocycles.